The van der Waals surface area contributed by atoms with Crippen LogP contribution >= 0.6 is 0 Å². The van der Waals surface area contributed by atoms with Crippen LogP contribution in [0.25, 0.3) is 11.1 Å². The molecule has 0 aliphatic carbocycles. The van der Waals surface area contributed by atoms with E-state index in [0.29, 0.717) is 17.7 Å². The van der Waals surface area contributed by atoms with Crippen LogP contribution in [0.4, 0.5) is 4.39 Å². The lowest BCUT2D eigenvalue weighted by molar-refractivity contribution is 0.0697. The molecular weight excluding hydrogens is 415 g/mol. The van der Waals surface area contributed by atoms with Crippen LogP contribution in [0.2, 0.25) is 0 Å². The van der Waals surface area contributed by atoms with Gasteiger partial charge in [-0.05, 0) is 54.2 Å². The van der Waals surface area contributed by atoms with Crippen LogP contribution in [0.3, 0.4) is 0 Å². The molecule has 0 saturated carbocycles. The van der Waals surface area contributed by atoms with E-state index in [4.69, 9.17) is 4.74 Å². The van der Waals surface area contributed by atoms with Crippen molar-refractivity contribution in [1.82, 2.24) is 0 Å². The number of rotatable bonds is 17. The third kappa shape index (κ3) is 9.57. The van der Waals surface area contributed by atoms with Crippen molar-refractivity contribution in [3.63, 3.8) is 0 Å². The fourth-order valence-electron chi connectivity index (χ4n) is 4.13. The summed E-state index contributed by atoms with van der Waals surface area (Å²) in [4.78, 5) is 11.8. The van der Waals surface area contributed by atoms with Gasteiger partial charge in [-0.1, -0.05) is 96.3 Å². The monoisotopic (exact) mass is 456 g/mol. The van der Waals surface area contributed by atoms with Gasteiger partial charge in [0.2, 0.25) is 0 Å². The summed E-state index contributed by atoms with van der Waals surface area (Å²) in [6.07, 6.45) is 15.1. The Hall–Kier alpha value is -2.36. The van der Waals surface area contributed by atoms with Gasteiger partial charge in [0.15, 0.2) is 11.6 Å². The van der Waals surface area contributed by atoms with E-state index in [0.717, 1.165) is 31.2 Å². The van der Waals surface area contributed by atoms with Gasteiger partial charge < -0.3 is 9.84 Å². The van der Waals surface area contributed by atoms with Crippen molar-refractivity contribution in [2.24, 2.45) is 0 Å². The second-order valence-electron chi connectivity index (χ2n) is 8.96. The average molecular weight is 457 g/mol. The predicted octanol–water partition coefficient (Wildman–Crippen LogP) is 8.83. The van der Waals surface area contributed by atoms with Gasteiger partial charge in [0.05, 0.1) is 12.2 Å². The highest BCUT2D eigenvalue weighted by Gasteiger charge is 2.15. The molecule has 0 saturated heterocycles. The highest BCUT2D eigenvalue weighted by Crippen LogP contribution is 2.30. The molecule has 2 aromatic rings. The summed E-state index contributed by atoms with van der Waals surface area (Å²) in [5.41, 5.74) is 2.42. The van der Waals surface area contributed by atoms with Crippen LogP contribution in [0, 0.1) is 5.82 Å². The number of aryl methyl sites for hydroxylation is 1. The standard InChI is InChI=1S/C29H41FO3/c1-3-5-7-9-11-13-15-23-16-18-25(29(31)32)26(21-23)24-17-19-28(27(30)22-24)33-20-14-12-10-8-6-4-2/h16-19,21-22H,3-15,20H2,1-2H3,(H,31,32). The minimum atomic E-state index is -1.00. The highest BCUT2D eigenvalue weighted by molar-refractivity contribution is 5.96. The Kier molecular flexibility index (Phi) is 12.6. The molecule has 0 heterocycles. The predicted molar refractivity (Wildman–Crippen MR) is 135 cm³/mol. The molecule has 0 unspecified atom stereocenters. The van der Waals surface area contributed by atoms with E-state index in [1.807, 2.05) is 12.1 Å². The molecule has 0 aromatic heterocycles. The summed E-state index contributed by atoms with van der Waals surface area (Å²) in [7, 11) is 0. The second kappa shape index (κ2) is 15.5. The lowest BCUT2D eigenvalue weighted by atomic mass is 9.95. The normalized spacial score (nSPS) is 11.0. The Morgan fingerprint density at radius 2 is 1.45 bits per heavy atom. The number of hydrogen-bond donors (Lipinski definition) is 1. The van der Waals surface area contributed by atoms with E-state index in [-0.39, 0.29) is 11.3 Å². The van der Waals surface area contributed by atoms with Crippen molar-refractivity contribution in [3.05, 3.63) is 53.3 Å². The largest absolute Gasteiger partial charge is 0.491 e. The minimum Gasteiger partial charge on any atom is -0.491 e. The van der Waals surface area contributed by atoms with Gasteiger partial charge >= 0.3 is 5.97 Å². The Bertz CT molecular complexity index is 847. The Morgan fingerprint density at radius 3 is 2.09 bits per heavy atom. The van der Waals surface area contributed by atoms with Gasteiger partial charge in [-0.25, -0.2) is 9.18 Å². The first-order valence-corrected chi connectivity index (χ1v) is 12.9. The van der Waals surface area contributed by atoms with E-state index in [2.05, 4.69) is 13.8 Å². The number of carboxylic acids is 1. The van der Waals surface area contributed by atoms with E-state index in [1.165, 1.54) is 63.9 Å². The molecule has 0 bridgehead atoms. The summed E-state index contributed by atoms with van der Waals surface area (Å²) in [6, 6.07) is 10.2. The number of halogens is 1. The number of aromatic carboxylic acids is 1. The molecular formula is C29H41FO3. The van der Waals surface area contributed by atoms with Gasteiger partial charge in [-0.2, -0.15) is 0 Å². The third-order valence-corrected chi connectivity index (χ3v) is 6.13. The fourth-order valence-corrected chi connectivity index (χ4v) is 4.13. The van der Waals surface area contributed by atoms with Crippen molar-refractivity contribution >= 4 is 5.97 Å². The third-order valence-electron chi connectivity index (χ3n) is 6.13. The lowest BCUT2D eigenvalue weighted by Crippen LogP contribution is -2.02. The first kappa shape index (κ1) is 26.9. The molecule has 2 rings (SSSR count). The highest BCUT2D eigenvalue weighted by atomic mass is 19.1. The van der Waals surface area contributed by atoms with Gasteiger partial charge in [0, 0.05) is 0 Å². The maximum atomic E-state index is 14.7. The van der Waals surface area contributed by atoms with Crippen LogP contribution in [0.5, 0.6) is 5.75 Å². The van der Waals surface area contributed by atoms with Crippen LogP contribution in [-0.4, -0.2) is 17.7 Å². The minimum absolute atomic E-state index is 0.196. The summed E-state index contributed by atoms with van der Waals surface area (Å²) in [5.74, 6) is -1.22. The molecule has 0 aliphatic heterocycles. The number of carboxylic acid groups (broad SMARTS) is 1. The maximum absolute atomic E-state index is 14.7. The molecule has 0 spiro atoms. The summed E-state index contributed by atoms with van der Waals surface area (Å²) in [6.45, 7) is 4.90. The zero-order valence-electron chi connectivity index (χ0n) is 20.5. The number of unbranched alkanes of at least 4 members (excludes halogenated alkanes) is 10. The molecule has 0 radical (unpaired) electrons. The van der Waals surface area contributed by atoms with Gasteiger partial charge in [0.1, 0.15) is 0 Å². The second-order valence-corrected chi connectivity index (χ2v) is 8.96. The average Bonchev–Trinajstić information content (AvgIpc) is 2.81. The smallest absolute Gasteiger partial charge is 0.336 e. The van der Waals surface area contributed by atoms with Crippen LogP contribution in [0.15, 0.2) is 36.4 Å². The molecule has 33 heavy (non-hydrogen) atoms. The zero-order valence-corrected chi connectivity index (χ0v) is 20.5. The van der Waals surface area contributed by atoms with E-state index in [1.54, 1.807) is 18.2 Å². The zero-order chi connectivity index (χ0) is 23.9. The Morgan fingerprint density at radius 1 is 0.818 bits per heavy atom. The first-order valence-electron chi connectivity index (χ1n) is 12.9. The van der Waals surface area contributed by atoms with Crippen LogP contribution in [-0.2, 0) is 6.42 Å². The van der Waals surface area contributed by atoms with Gasteiger partial charge in [-0.3, -0.25) is 0 Å². The molecule has 4 heteroatoms. The molecule has 0 amide bonds. The van der Waals surface area contributed by atoms with Crippen molar-refractivity contribution in [2.75, 3.05) is 6.61 Å². The van der Waals surface area contributed by atoms with Crippen molar-refractivity contribution in [1.29, 1.82) is 0 Å². The van der Waals surface area contributed by atoms with Crippen molar-refractivity contribution in [3.8, 4) is 16.9 Å². The fraction of sp³-hybridized carbons (Fsp3) is 0.552. The first-order chi connectivity index (χ1) is 16.1. The topological polar surface area (TPSA) is 46.5 Å². The summed E-state index contributed by atoms with van der Waals surface area (Å²) < 4.78 is 20.4. The number of hydrogen-bond acceptors (Lipinski definition) is 2. The molecule has 0 aliphatic rings. The molecule has 0 fully saturated rings. The number of carbonyl (C=O) groups is 1. The van der Waals surface area contributed by atoms with E-state index in [9.17, 15) is 14.3 Å². The molecule has 2 aromatic carbocycles. The Labute approximate surface area is 199 Å². The lowest BCUT2D eigenvalue weighted by Gasteiger charge is -2.12. The summed E-state index contributed by atoms with van der Waals surface area (Å²) in [5, 5.41) is 9.64. The molecule has 1 N–H and O–H groups in total. The van der Waals surface area contributed by atoms with Gasteiger partial charge in [-0.15, -0.1) is 0 Å². The SMILES string of the molecule is CCCCCCCCOc1ccc(-c2cc(CCCCCCCC)ccc2C(=O)O)cc1F. The number of ether oxygens (including phenoxy) is 1. The molecule has 0 atom stereocenters. The summed E-state index contributed by atoms with van der Waals surface area (Å²) >= 11 is 0. The van der Waals surface area contributed by atoms with Crippen molar-refractivity contribution in [2.45, 2.75) is 97.3 Å². The van der Waals surface area contributed by atoms with Gasteiger partial charge in [0.25, 0.3) is 0 Å². The molecule has 182 valence electrons. The molecule has 3 nitrogen and oxygen atoms in total. The van der Waals surface area contributed by atoms with E-state index < -0.39 is 11.8 Å². The van der Waals surface area contributed by atoms with Crippen molar-refractivity contribution < 1.29 is 19.0 Å². The van der Waals surface area contributed by atoms with Crippen LogP contribution < -0.4 is 4.74 Å². The van der Waals surface area contributed by atoms with E-state index >= 15 is 0 Å². The quantitative estimate of drug-likeness (QED) is 0.242. The maximum Gasteiger partial charge on any atom is 0.336 e. The van der Waals surface area contributed by atoms with Crippen LogP contribution in [0.1, 0.15) is 107 Å². The Balaban J connectivity index is 2.00. The number of benzene rings is 2.